The molecule has 1 N–H and O–H groups in total. The van der Waals surface area contributed by atoms with Gasteiger partial charge < -0.3 is 19.5 Å². The van der Waals surface area contributed by atoms with Gasteiger partial charge >= 0.3 is 5.97 Å². The van der Waals surface area contributed by atoms with Crippen molar-refractivity contribution in [3.05, 3.63) is 52.5 Å². The summed E-state index contributed by atoms with van der Waals surface area (Å²) in [6, 6.07) is 10.0. The predicted molar refractivity (Wildman–Crippen MR) is 97.7 cm³/mol. The Bertz CT molecular complexity index is 867. The van der Waals surface area contributed by atoms with E-state index in [-0.39, 0.29) is 23.1 Å². The zero-order valence-electron chi connectivity index (χ0n) is 14.4. The number of carbonyl (C=O) groups is 2. The molecule has 0 spiro atoms. The molecular formula is C19H18ClNO5. The minimum Gasteiger partial charge on any atom is -0.496 e. The maximum Gasteiger partial charge on any atom is 0.339 e. The number of ether oxygens (including phenoxy) is 2. The molecule has 1 amide bonds. The van der Waals surface area contributed by atoms with Crippen LogP contribution in [0.5, 0.6) is 11.5 Å². The second kappa shape index (κ2) is 7.25. The summed E-state index contributed by atoms with van der Waals surface area (Å²) in [5.74, 6) is -0.329. The van der Waals surface area contributed by atoms with E-state index in [0.717, 1.165) is 5.56 Å². The lowest BCUT2D eigenvalue weighted by molar-refractivity contribution is -0.117. The molecule has 1 aliphatic heterocycles. The Labute approximate surface area is 155 Å². The third kappa shape index (κ3) is 3.32. The van der Waals surface area contributed by atoms with Crippen LogP contribution in [0.3, 0.4) is 0 Å². The highest BCUT2D eigenvalue weighted by Crippen LogP contribution is 2.38. The first kappa shape index (κ1) is 18.1. The standard InChI is InChI=1S/C19H18ClNO5/c1-25-16-6-4-13(20)9-15(16)21-10-12(8-18(21)22)11-3-5-14(19(23)24)17(7-11)26-2/h3-7,9,12H,8,10H2,1-2H3,(H,23,24). The zero-order chi connectivity index (χ0) is 18.8. The lowest BCUT2D eigenvalue weighted by atomic mass is 9.96. The Hall–Kier alpha value is -2.73. The van der Waals surface area contributed by atoms with Crippen molar-refractivity contribution in [2.45, 2.75) is 12.3 Å². The van der Waals surface area contributed by atoms with Crippen LogP contribution in [0, 0.1) is 0 Å². The average Bonchev–Trinajstić information content (AvgIpc) is 3.02. The van der Waals surface area contributed by atoms with Crippen LogP contribution in [0.4, 0.5) is 5.69 Å². The molecule has 0 radical (unpaired) electrons. The number of halogens is 1. The summed E-state index contributed by atoms with van der Waals surface area (Å²) >= 11 is 6.07. The molecule has 26 heavy (non-hydrogen) atoms. The van der Waals surface area contributed by atoms with Gasteiger partial charge in [0.05, 0.1) is 19.9 Å². The van der Waals surface area contributed by atoms with Crippen LogP contribution in [0.2, 0.25) is 5.02 Å². The van der Waals surface area contributed by atoms with E-state index in [0.29, 0.717) is 29.4 Å². The van der Waals surface area contributed by atoms with Crippen molar-refractivity contribution in [2.75, 3.05) is 25.7 Å². The zero-order valence-corrected chi connectivity index (χ0v) is 15.1. The quantitative estimate of drug-likeness (QED) is 0.864. The molecule has 1 fully saturated rings. The average molecular weight is 376 g/mol. The molecule has 1 aliphatic rings. The Balaban J connectivity index is 1.91. The summed E-state index contributed by atoms with van der Waals surface area (Å²) in [6.07, 6.45) is 0.311. The van der Waals surface area contributed by atoms with Crippen molar-refractivity contribution in [3.8, 4) is 11.5 Å². The van der Waals surface area contributed by atoms with Gasteiger partial charge in [-0.1, -0.05) is 17.7 Å². The fraction of sp³-hybridized carbons (Fsp3) is 0.263. The van der Waals surface area contributed by atoms with Crippen molar-refractivity contribution in [1.82, 2.24) is 0 Å². The van der Waals surface area contributed by atoms with E-state index in [1.165, 1.54) is 13.2 Å². The third-order valence-electron chi connectivity index (χ3n) is 4.48. The summed E-state index contributed by atoms with van der Waals surface area (Å²) < 4.78 is 10.5. The minimum absolute atomic E-state index is 0.0446. The first-order chi connectivity index (χ1) is 12.4. The molecule has 0 saturated carbocycles. The smallest absolute Gasteiger partial charge is 0.339 e. The van der Waals surface area contributed by atoms with E-state index in [9.17, 15) is 14.7 Å². The number of anilines is 1. The summed E-state index contributed by atoms with van der Waals surface area (Å²) in [4.78, 5) is 25.5. The minimum atomic E-state index is -1.05. The number of rotatable bonds is 5. The summed E-state index contributed by atoms with van der Waals surface area (Å²) in [6.45, 7) is 0.450. The van der Waals surface area contributed by atoms with E-state index < -0.39 is 5.97 Å². The number of amides is 1. The van der Waals surface area contributed by atoms with Crippen LogP contribution in [0.1, 0.15) is 28.3 Å². The molecule has 0 aromatic heterocycles. The Morgan fingerprint density at radius 1 is 1.15 bits per heavy atom. The number of nitrogens with zero attached hydrogens (tertiary/aromatic N) is 1. The topological polar surface area (TPSA) is 76.1 Å². The molecule has 1 heterocycles. The summed E-state index contributed by atoms with van der Waals surface area (Å²) in [7, 11) is 2.97. The first-order valence-electron chi connectivity index (χ1n) is 7.99. The fourth-order valence-electron chi connectivity index (χ4n) is 3.18. The monoisotopic (exact) mass is 375 g/mol. The molecule has 3 rings (SSSR count). The van der Waals surface area contributed by atoms with Crippen LogP contribution in [0.15, 0.2) is 36.4 Å². The van der Waals surface area contributed by atoms with Crippen molar-refractivity contribution in [3.63, 3.8) is 0 Å². The highest BCUT2D eigenvalue weighted by molar-refractivity contribution is 6.31. The van der Waals surface area contributed by atoms with Crippen LogP contribution in [0.25, 0.3) is 0 Å². The van der Waals surface area contributed by atoms with E-state index in [1.807, 2.05) is 0 Å². The highest BCUT2D eigenvalue weighted by Gasteiger charge is 2.33. The number of benzene rings is 2. The van der Waals surface area contributed by atoms with Gasteiger partial charge in [0.25, 0.3) is 0 Å². The van der Waals surface area contributed by atoms with Crippen LogP contribution in [-0.2, 0) is 4.79 Å². The molecule has 0 bridgehead atoms. The number of carboxylic acid groups (broad SMARTS) is 1. The van der Waals surface area contributed by atoms with Gasteiger partial charge in [0.1, 0.15) is 17.1 Å². The number of carbonyl (C=O) groups excluding carboxylic acids is 1. The SMILES string of the molecule is COc1cc(C2CC(=O)N(c3cc(Cl)ccc3OC)C2)ccc1C(=O)O. The maximum atomic E-state index is 12.6. The van der Waals surface area contributed by atoms with Gasteiger partial charge in [-0.25, -0.2) is 4.79 Å². The van der Waals surface area contributed by atoms with Crippen LogP contribution < -0.4 is 14.4 Å². The second-order valence-electron chi connectivity index (χ2n) is 5.99. The van der Waals surface area contributed by atoms with Crippen molar-refractivity contribution in [1.29, 1.82) is 0 Å². The van der Waals surface area contributed by atoms with E-state index in [1.54, 1.807) is 42.3 Å². The lowest BCUT2D eigenvalue weighted by Crippen LogP contribution is -2.24. The van der Waals surface area contributed by atoms with Crippen molar-refractivity contribution < 1.29 is 24.2 Å². The molecule has 0 aliphatic carbocycles. The number of aromatic carboxylic acids is 1. The molecule has 7 heteroatoms. The Kier molecular flexibility index (Phi) is 5.04. The molecular weight excluding hydrogens is 358 g/mol. The van der Waals surface area contributed by atoms with Gasteiger partial charge in [0, 0.05) is 23.9 Å². The number of methoxy groups -OCH3 is 2. The second-order valence-corrected chi connectivity index (χ2v) is 6.42. The van der Waals surface area contributed by atoms with Gasteiger partial charge in [-0.2, -0.15) is 0 Å². The third-order valence-corrected chi connectivity index (χ3v) is 4.72. The summed E-state index contributed by atoms with van der Waals surface area (Å²) in [5.41, 5.74) is 1.57. The first-order valence-corrected chi connectivity index (χ1v) is 8.37. The lowest BCUT2D eigenvalue weighted by Gasteiger charge is -2.20. The van der Waals surface area contributed by atoms with Crippen molar-refractivity contribution >= 4 is 29.2 Å². The van der Waals surface area contributed by atoms with Gasteiger partial charge in [-0.3, -0.25) is 4.79 Å². The van der Waals surface area contributed by atoms with E-state index in [2.05, 4.69) is 0 Å². The fourth-order valence-corrected chi connectivity index (χ4v) is 3.34. The van der Waals surface area contributed by atoms with Crippen LogP contribution >= 0.6 is 11.6 Å². The molecule has 6 nitrogen and oxygen atoms in total. The molecule has 1 saturated heterocycles. The molecule has 2 aromatic carbocycles. The molecule has 136 valence electrons. The van der Waals surface area contributed by atoms with Crippen LogP contribution in [-0.4, -0.2) is 37.7 Å². The number of hydrogen-bond donors (Lipinski definition) is 1. The molecule has 1 atom stereocenters. The molecule has 1 unspecified atom stereocenters. The van der Waals surface area contributed by atoms with Crippen molar-refractivity contribution in [2.24, 2.45) is 0 Å². The largest absolute Gasteiger partial charge is 0.496 e. The van der Waals surface area contributed by atoms with Gasteiger partial charge in [-0.05, 0) is 35.9 Å². The van der Waals surface area contributed by atoms with E-state index in [4.69, 9.17) is 21.1 Å². The normalized spacial score (nSPS) is 16.7. The molecule has 2 aromatic rings. The maximum absolute atomic E-state index is 12.6. The van der Waals surface area contributed by atoms with Gasteiger partial charge in [-0.15, -0.1) is 0 Å². The Morgan fingerprint density at radius 3 is 2.54 bits per heavy atom. The Morgan fingerprint density at radius 2 is 1.88 bits per heavy atom. The van der Waals surface area contributed by atoms with Gasteiger partial charge in [0.2, 0.25) is 5.91 Å². The summed E-state index contributed by atoms with van der Waals surface area (Å²) in [5, 5.41) is 9.72. The van der Waals surface area contributed by atoms with E-state index >= 15 is 0 Å². The number of carboxylic acids is 1. The predicted octanol–water partition coefficient (Wildman–Crippen LogP) is 3.58. The highest BCUT2D eigenvalue weighted by atomic mass is 35.5. The van der Waals surface area contributed by atoms with Gasteiger partial charge in [0.15, 0.2) is 0 Å². The number of hydrogen-bond acceptors (Lipinski definition) is 4.